The molecule has 5 heteroatoms. The van der Waals surface area contributed by atoms with Crippen molar-refractivity contribution in [1.82, 2.24) is 5.32 Å². The topological polar surface area (TPSA) is 65.4 Å². The molecule has 1 atom stereocenters. The Labute approximate surface area is 182 Å². The summed E-state index contributed by atoms with van der Waals surface area (Å²) >= 11 is 0. The Bertz CT molecular complexity index is 1080. The van der Waals surface area contributed by atoms with E-state index in [0.29, 0.717) is 29.3 Å². The summed E-state index contributed by atoms with van der Waals surface area (Å²) in [5.41, 5.74) is 3.23. The first-order chi connectivity index (χ1) is 15.2. The first-order valence-corrected chi connectivity index (χ1v) is 10.5. The molecule has 4 rings (SSSR count). The third-order valence-electron chi connectivity index (χ3n) is 5.59. The zero-order chi connectivity index (χ0) is 21.5. The summed E-state index contributed by atoms with van der Waals surface area (Å²) in [6, 6.07) is 27.1. The van der Waals surface area contributed by atoms with Crippen LogP contribution >= 0.6 is 0 Å². The van der Waals surface area contributed by atoms with Crippen molar-refractivity contribution in [3.05, 3.63) is 95.6 Å². The Morgan fingerprint density at radius 3 is 2.71 bits per heavy atom. The van der Waals surface area contributed by atoms with E-state index in [1.54, 1.807) is 18.2 Å². The number of hydrogen-bond acceptors (Lipinski definition) is 4. The predicted molar refractivity (Wildman–Crippen MR) is 121 cm³/mol. The number of rotatable bonds is 7. The summed E-state index contributed by atoms with van der Waals surface area (Å²) in [5, 5.41) is 12.3. The Morgan fingerprint density at radius 2 is 1.87 bits per heavy atom. The SMILES string of the molecule is N#Cc1ccccc1COc1cccc(C(=O)NCC2CCN(c3ccccc3)C2)c1. The van der Waals surface area contributed by atoms with Gasteiger partial charge in [0.1, 0.15) is 12.4 Å². The molecule has 0 aromatic heterocycles. The second-order valence-corrected chi connectivity index (χ2v) is 7.73. The van der Waals surface area contributed by atoms with Crippen molar-refractivity contribution >= 4 is 11.6 Å². The van der Waals surface area contributed by atoms with E-state index in [0.717, 1.165) is 25.1 Å². The van der Waals surface area contributed by atoms with E-state index in [-0.39, 0.29) is 12.5 Å². The van der Waals surface area contributed by atoms with Gasteiger partial charge in [-0.15, -0.1) is 0 Å². The molecule has 3 aromatic rings. The molecule has 156 valence electrons. The molecule has 3 aromatic carbocycles. The van der Waals surface area contributed by atoms with Crippen molar-refractivity contribution in [2.75, 3.05) is 24.5 Å². The number of nitriles is 1. The number of carbonyl (C=O) groups excluding carboxylic acids is 1. The van der Waals surface area contributed by atoms with Crippen molar-refractivity contribution in [2.24, 2.45) is 5.92 Å². The average Bonchev–Trinajstić information content (AvgIpc) is 3.31. The molecule has 0 spiro atoms. The van der Waals surface area contributed by atoms with Gasteiger partial charge in [0.2, 0.25) is 0 Å². The lowest BCUT2D eigenvalue weighted by Crippen LogP contribution is -2.31. The van der Waals surface area contributed by atoms with Crippen LogP contribution in [0.2, 0.25) is 0 Å². The van der Waals surface area contributed by atoms with E-state index in [1.165, 1.54) is 5.69 Å². The molecule has 1 fully saturated rings. The van der Waals surface area contributed by atoms with Crippen molar-refractivity contribution in [3.8, 4) is 11.8 Å². The summed E-state index contributed by atoms with van der Waals surface area (Å²) < 4.78 is 5.83. The van der Waals surface area contributed by atoms with E-state index in [1.807, 2.05) is 36.4 Å². The third kappa shape index (κ3) is 5.23. The maximum atomic E-state index is 12.7. The third-order valence-corrected chi connectivity index (χ3v) is 5.59. The lowest BCUT2D eigenvalue weighted by Gasteiger charge is -2.18. The molecule has 1 saturated heterocycles. The number of anilines is 1. The summed E-state index contributed by atoms with van der Waals surface area (Å²) in [5.74, 6) is 0.948. The highest BCUT2D eigenvalue weighted by atomic mass is 16.5. The Morgan fingerprint density at radius 1 is 1.06 bits per heavy atom. The minimum atomic E-state index is -0.0963. The Balaban J connectivity index is 1.30. The van der Waals surface area contributed by atoms with E-state index in [2.05, 4.69) is 40.6 Å². The maximum absolute atomic E-state index is 12.7. The van der Waals surface area contributed by atoms with Gasteiger partial charge in [0.05, 0.1) is 11.6 Å². The Hall–Kier alpha value is -3.78. The number of carbonyl (C=O) groups is 1. The van der Waals surface area contributed by atoms with Crippen LogP contribution in [0.15, 0.2) is 78.9 Å². The molecule has 1 unspecified atom stereocenters. The highest BCUT2D eigenvalue weighted by Crippen LogP contribution is 2.23. The summed E-state index contributed by atoms with van der Waals surface area (Å²) in [6.07, 6.45) is 1.07. The van der Waals surface area contributed by atoms with Gasteiger partial charge in [-0.25, -0.2) is 0 Å². The second-order valence-electron chi connectivity index (χ2n) is 7.73. The molecule has 0 saturated carbocycles. The molecule has 1 aliphatic rings. The first-order valence-electron chi connectivity index (χ1n) is 10.5. The monoisotopic (exact) mass is 411 g/mol. The molecule has 1 amide bonds. The molecule has 1 aliphatic heterocycles. The zero-order valence-electron chi connectivity index (χ0n) is 17.3. The first kappa shape index (κ1) is 20.5. The van der Waals surface area contributed by atoms with Gasteiger partial charge in [0.25, 0.3) is 5.91 Å². The van der Waals surface area contributed by atoms with Gasteiger partial charge < -0.3 is 15.0 Å². The molecule has 31 heavy (non-hydrogen) atoms. The Kier molecular flexibility index (Phi) is 6.49. The van der Waals surface area contributed by atoms with Gasteiger partial charge >= 0.3 is 0 Å². The molecule has 1 heterocycles. The van der Waals surface area contributed by atoms with Crippen LogP contribution in [0.1, 0.15) is 27.9 Å². The van der Waals surface area contributed by atoms with E-state index >= 15 is 0 Å². The number of nitrogens with zero attached hydrogens (tertiary/aromatic N) is 2. The van der Waals surface area contributed by atoms with Gasteiger partial charge in [-0.05, 0) is 48.7 Å². The minimum Gasteiger partial charge on any atom is -0.489 e. The minimum absolute atomic E-state index is 0.0963. The normalized spacial score (nSPS) is 15.3. The summed E-state index contributed by atoms with van der Waals surface area (Å²) in [7, 11) is 0. The van der Waals surface area contributed by atoms with Crippen LogP contribution in [-0.4, -0.2) is 25.5 Å². The molecule has 0 bridgehead atoms. The fraction of sp³-hybridized carbons (Fsp3) is 0.231. The van der Waals surface area contributed by atoms with Gasteiger partial charge in [-0.3, -0.25) is 4.79 Å². The van der Waals surface area contributed by atoms with Crippen LogP contribution in [0.5, 0.6) is 5.75 Å². The van der Waals surface area contributed by atoms with Crippen LogP contribution in [0.25, 0.3) is 0 Å². The van der Waals surface area contributed by atoms with Crippen molar-refractivity contribution in [2.45, 2.75) is 13.0 Å². The second kappa shape index (κ2) is 9.82. The number of ether oxygens (including phenoxy) is 1. The summed E-state index contributed by atoms with van der Waals surface area (Å²) in [4.78, 5) is 15.0. The van der Waals surface area contributed by atoms with Crippen molar-refractivity contribution in [3.63, 3.8) is 0 Å². The highest BCUT2D eigenvalue weighted by Gasteiger charge is 2.23. The fourth-order valence-corrected chi connectivity index (χ4v) is 3.86. The largest absolute Gasteiger partial charge is 0.489 e. The quantitative estimate of drug-likeness (QED) is 0.626. The fourth-order valence-electron chi connectivity index (χ4n) is 3.86. The lowest BCUT2D eigenvalue weighted by atomic mass is 10.1. The number of hydrogen-bond donors (Lipinski definition) is 1. The molecule has 5 nitrogen and oxygen atoms in total. The molecule has 0 aliphatic carbocycles. The number of amides is 1. The molecular weight excluding hydrogens is 386 g/mol. The number of nitrogens with one attached hydrogen (secondary N) is 1. The highest BCUT2D eigenvalue weighted by molar-refractivity contribution is 5.94. The van der Waals surface area contributed by atoms with Crippen LogP contribution in [0, 0.1) is 17.2 Å². The maximum Gasteiger partial charge on any atom is 0.251 e. The molecular formula is C26H25N3O2. The van der Waals surface area contributed by atoms with Gasteiger partial charge in [-0.2, -0.15) is 5.26 Å². The summed E-state index contributed by atoms with van der Waals surface area (Å²) in [6.45, 7) is 2.90. The van der Waals surface area contributed by atoms with Crippen LogP contribution in [0.3, 0.4) is 0 Å². The van der Waals surface area contributed by atoms with Crippen LogP contribution in [0.4, 0.5) is 5.69 Å². The number of para-hydroxylation sites is 1. The van der Waals surface area contributed by atoms with Crippen molar-refractivity contribution in [1.29, 1.82) is 5.26 Å². The van der Waals surface area contributed by atoms with Gasteiger partial charge in [0, 0.05) is 36.4 Å². The zero-order valence-corrected chi connectivity index (χ0v) is 17.3. The van der Waals surface area contributed by atoms with E-state index in [9.17, 15) is 10.1 Å². The van der Waals surface area contributed by atoms with Crippen molar-refractivity contribution < 1.29 is 9.53 Å². The number of benzene rings is 3. The van der Waals surface area contributed by atoms with E-state index in [4.69, 9.17) is 4.74 Å². The average molecular weight is 412 g/mol. The molecule has 0 radical (unpaired) electrons. The molecule has 1 N–H and O–H groups in total. The van der Waals surface area contributed by atoms with E-state index < -0.39 is 0 Å². The van der Waals surface area contributed by atoms with Crippen LogP contribution < -0.4 is 15.0 Å². The standard InChI is InChI=1S/C26H25N3O2/c27-16-22-7-4-5-8-23(22)19-31-25-12-6-9-21(15-25)26(30)28-17-20-13-14-29(18-20)24-10-2-1-3-11-24/h1-12,15,20H,13-14,17-19H2,(H,28,30). The van der Waals surface area contributed by atoms with Crippen LogP contribution in [-0.2, 0) is 6.61 Å². The van der Waals surface area contributed by atoms with Gasteiger partial charge in [0.15, 0.2) is 0 Å². The van der Waals surface area contributed by atoms with Gasteiger partial charge in [-0.1, -0.05) is 42.5 Å². The lowest BCUT2D eigenvalue weighted by molar-refractivity contribution is 0.0947. The smallest absolute Gasteiger partial charge is 0.251 e. The predicted octanol–water partition coefficient (Wildman–Crippen LogP) is 4.39.